The van der Waals surface area contributed by atoms with Crippen molar-refractivity contribution in [2.45, 2.75) is 0 Å². The Labute approximate surface area is 144 Å². The van der Waals surface area contributed by atoms with E-state index in [-0.39, 0.29) is 0 Å². The molecule has 0 N–H and O–H groups in total. The number of hydrogen-bond acceptors (Lipinski definition) is 4. The zero-order chi connectivity index (χ0) is 17.2. The van der Waals surface area contributed by atoms with Gasteiger partial charge in [0.1, 0.15) is 17.3 Å². The summed E-state index contributed by atoms with van der Waals surface area (Å²) in [6, 6.07) is 17.5. The van der Waals surface area contributed by atoms with Gasteiger partial charge < -0.3 is 4.42 Å². The fourth-order valence-corrected chi connectivity index (χ4v) is 2.74. The Morgan fingerprint density at radius 2 is 2.04 bits per heavy atom. The number of aromatic nitrogens is 3. The highest BCUT2D eigenvalue weighted by molar-refractivity contribution is 5.91. The van der Waals surface area contributed by atoms with Crippen molar-refractivity contribution in [1.29, 1.82) is 5.26 Å². The second-order valence-corrected chi connectivity index (χ2v) is 5.64. The van der Waals surface area contributed by atoms with E-state index in [0.29, 0.717) is 22.7 Å². The van der Waals surface area contributed by atoms with Gasteiger partial charge in [-0.05, 0) is 30.3 Å². The Bertz CT molecular complexity index is 1080. The van der Waals surface area contributed by atoms with Crippen LogP contribution in [0.1, 0.15) is 11.3 Å². The lowest BCUT2D eigenvalue weighted by Gasteiger charge is -1.98. The Hall–Kier alpha value is -3.65. The number of furan rings is 1. The number of hydrogen-bond donors (Lipinski definition) is 0. The van der Waals surface area contributed by atoms with E-state index < -0.39 is 0 Å². The maximum Gasteiger partial charge on any atom is 0.156 e. The molecule has 0 bridgehead atoms. The second-order valence-electron chi connectivity index (χ2n) is 5.64. The van der Waals surface area contributed by atoms with Crippen molar-refractivity contribution in [2.75, 3.05) is 0 Å². The topological polar surface area (TPSA) is 67.6 Å². The average Bonchev–Trinajstić information content (AvgIpc) is 3.23. The molecule has 5 heteroatoms. The number of pyridine rings is 1. The Balaban J connectivity index is 1.84. The van der Waals surface area contributed by atoms with Crippen LogP contribution in [0.15, 0.2) is 65.3 Å². The van der Waals surface area contributed by atoms with E-state index in [1.807, 2.05) is 61.8 Å². The Morgan fingerprint density at radius 3 is 2.80 bits per heavy atom. The normalized spacial score (nSPS) is 11.6. The molecule has 1 aromatic carbocycles. The summed E-state index contributed by atoms with van der Waals surface area (Å²) in [6.45, 7) is 0. The van der Waals surface area contributed by atoms with Crippen molar-refractivity contribution < 1.29 is 4.42 Å². The third-order valence-electron chi connectivity index (χ3n) is 3.88. The number of aryl methyl sites for hydroxylation is 1. The number of nitrogens with zero attached hydrogens (tertiary/aromatic N) is 4. The van der Waals surface area contributed by atoms with E-state index in [2.05, 4.69) is 16.2 Å². The van der Waals surface area contributed by atoms with Gasteiger partial charge in [0, 0.05) is 30.4 Å². The highest BCUT2D eigenvalue weighted by Gasteiger charge is 2.15. The smallest absolute Gasteiger partial charge is 0.156 e. The summed E-state index contributed by atoms with van der Waals surface area (Å²) in [5.74, 6) is 0.673. The fourth-order valence-electron chi connectivity index (χ4n) is 2.74. The molecule has 0 unspecified atom stereocenters. The number of para-hydroxylation sites is 1. The molecular formula is C20H14N4O. The zero-order valence-electron chi connectivity index (χ0n) is 13.5. The van der Waals surface area contributed by atoms with Crippen molar-refractivity contribution >= 4 is 22.6 Å². The van der Waals surface area contributed by atoms with Crippen LogP contribution in [0.25, 0.3) is 34.1 Å². The van der Waals surface area contributed by atoms with Crippen LogP contribution in [0, 0.1) is 11.3 Å². The van der Waals surface area contributed by atoms with Crippen LogP contribution < -0.4 is 0 Å². The Kier molecular flexibility index (Phi) is 3.64. The lowest BCUT2D eigenvalue weighted by molar-refractivity contribution is 0.625. The van der Waals surface area contributed by atoms with E-state index in [4.69, 9.17) is 4.42 Å². The van der Waals surface area contributed by atoms with Gasteiger partial charge in [-0.15, -0.1) is 0 Å². The summed E-state index contributed by atoms with van der Waals surface area (Å²) >= 11 is 0. The zero-order valence-corrected chi connectivity index (χ0v) is 13.5. The van der Waals surface area contributed by atoms with Crippen LogP contribution in [0.4, 0.5) is 0 Å². The van der Waals surface area contributed by atoms with Gasteiger partial charge in [-0.25, -0.2) is 0 Å². The maximum absolute atomic E-state index is 9.51. The molecule has 25 heavy (non-hydrogen) atoms. The first-order valence-electron chi connectivity index (χ1n) is 7.80. The predicted molar refractivity (Wildman–Crippen MR) is 96.1 cm³/mol. The molecule has 0 amide bonds. The SMILES string of the molecule is Cn1cc(/C=C(\C#N)c2ccccn2)c(-c2cc3ccccc3o2)n1. The third kappa shape index (κ3) is 2.81. The average molecular weight is 326 g/mol. The van der Waals surface area contributed by atoms with Gasteiger partial charge in [0.05, 0.1) is 11.3 Å². The van der Waals surface area contributed by atoms with Crippen molar-refractivity contribution in [1.82, 2.24) is 14.8 Å². The van der Waals surface area contributed by atoms with Gasteiger partial charge in [0.15, 0.2) is 5.76 Å². The molecule has 0 aliphatic heterocycles. The number of rotatable bonds is 3. The molecule has 0 aliphatic carbocycles. The van der Waals surface area contributed by atoms with Gasteiger partial charge in [0.25, 0.3) is 0 Å². The minimum absolute atomic E-state index is 0.478. The minimum Gasteiger partial charge on any atom is -0.454 e. The molecule has 0 aliphatic rings. The first-order valence-corrected chi connectivity index (χ1v) is 7.80. The first kappa shape index (κ1) is 14.9. The number of nitriles is 1. The molecule has 3 heterocycles. The predicted octanol–water partition coefficient (Wildman–Crippen LogP) is 4.29. The van der Waals surface area contributed by atoms with Crippen molar-refractivity contribution in [3.8, 4) is 17.5 Å². The van der Waals surface area contributed by atoms with Crippen molar-refractivity contribution in [3.63, 3.8) is 0 Å². The van der Waals surface area contributed by atoms with Crippen LogP contribution in [-0.2, 0) is 7.05 Å². The van der Waals surface area contributed by atoms with E-state index >= 15 is 0 Å². The second kappa shape index (κ2) is 6.10. The molecule has 0 radical (unpaired) electrons. The van der Waals surface area contributed by atoms with Gasteiger partial charge >= 0.3 is 0 Å². The summed E-state index contributed by atoms with van der Waals surface area (Å²) in [7, 11) is 1.84. The lowest BCUT2D eigenvalue weighted by atomic mass is 10.1. The monoisotopic (exact) mass is 326 g/mol. The molecule has 0 saturated carbocycles. The number of fused-ring (bicyclic) bond motifs is 1. The van der Waals surface area contributed by atoms with E-state index in [1.165, 1.54) is 0 Å². The van der Waals surface area contributed by atoms with Crippen molar-refractivity contribution in [3.05, 3.63) is 72.2 Å². The summed E-state index contributed by atoms with van der Waals surface area (Å²) in [6.07, 6.45) is 5.32. The molecule has 5 nitrogen and oxygen atoms in total. The third-order valence-corrected chi connectivity index (χ3v) is 3.88. The van der Waals surface area contributed by atoms with Crippen LogP contribution >= 0.6 is 0 Å². The van der Waals surface area contributed by atoms with Gasteiger partial charge in [0.2, 0.25) is 0 Å². The highest BCUT2D eigenvalue weighted by Crippen LogP contribution is 2.30. The van der Waals surface area contributed by atoms with E-state index in [0.717, 1.165) is 16.5 Å². The fraction of sp³-hybridized carbons (Fsp3) is 0.0500. The van der Waals surface area contributed by atoms with Crippen LogP contribution in [-0.4, -0.2) is 14.8 Å². The van der Waals surface area contributed by atoms with Gasteiger partial charge in [-0.3, -0.25) is 9.67 Å². The minimum atomic E-state index is 0.478. The quantitative estimate of drug-likeness (QED) is 0.527. The first-order chi connectivity index (χ1) is 12.2. The molecule has 4 rings (SSSR count). The van der Waals surface area contributed by atoms with E-state index in [1.54, 1.807) is 17.0 Å². The van der Waals surface area contributed by atoms with Gasteiger partial charge in [-0.2, -0.15) is 10.4 Å². The highest BCUT2D eigenvalue weighted by atomic mass is 16.3. The van der Waals surface area contributed by atoms with Crippen LogP contribution in [0.3, 0.4) is 0 Å². The standard InChI is InChI=1S/C20H14N4O/c1-24-13-16(10-15(12-21)17-7-4-5-9-22-17)20(23-24)19-11-14-6-2-3-8-18(14)25-19/h2-11,13H,1H3/b15-10+. The summed E-state index contributed by atoms with van der Waals surface area (Å²) in [5, 5.41) is 15.0. The van der Waals surface area contributed by atoms with Crippen LogP contribution in [0.2, 0.25) is 0 Å². The largest absolute Gasteiger partial charge is 0.454 e. The summed E-state index contributed by atoms with van der Waals surface area (Å²) in [5.41, 5.74) is 3.42. The van der Waals surface area contributed by atoms with Crippen molar-refractivity contribution in [2.24, 2.45) is 7.05 Å². The molecule has 0 fully saturated rings. The molecule has 0 spiro atoms. The molecular weight excluding hydrogens is 312 g/mol. The Morgan fingerprint density at radius 1 is 1.20 bits per heavy atom. The van der Waals surface area contributed by atoms with E-state index in [9.17, 15) is 5.26 Å². The number of benzene rings is 1. The molecule has 120 valence electrons. The molecule has 4 aromatic rings. The molecule has 0 atom stereocenters. The lowest BCUT2D eigenvalue weighted by Crippen LogP contribution is -1.87. The maximum atomic E-state index is 9.51. The number of allylic oxidation sites excluding steroid dienone is 1. The summed E-state index contributed by atoms with van der Waals surface area (Å²) < 4.78 is 7.64. The molecule has 0 saturated heterocycles. The van der Waals surface area contributed by atoms with Crippen LogP contribution in [0.5, 0.6) is 0 Å². The van der Waals surface area contributed by atoms with Gasteiger partial charge in [-0.1, -0.05) is 24.3 Å². The molecule has 3 aromatic heterocycles. The summed E-state index contributed by atoms with van der Waals surface area (Å²) in [4.78, 5) is 4.25.